The average Bonchev–Trinajstić information content (AvgIpc) is 3.01. The molecule has 2 rings (SSSR count). The molecule has 0 aliphatic heterocycles. The molecule has 0 aliphatic carbocycles. The molecule has 0 saturated carbocycles. The molecule has 0 radical (unpaired) electrons. The van der Waals surface area contributed by atoms with Crippen LogP contribution >= 0.6 is 11.6 Å². The zero-order chi connectivity index (χ0) is 16.1. The lowest BCUT2D eigenvalue weighted by Gasteiger charge is -2.13. The average molecular weight is 318 g/mol. The van der Waals surface area contributed by atoms with Crippen LogP contribution in [-0.2, 0) is 9.53 Å². The third kappa shape index (κ3) is 3.65. The fraction of sp³-hybridized carbons (Fsp3) is 0.133. The monoisotopic (exact) mass is 317 g/mol. The summed E-state index contributed by atoms with van der Waals surface area (Å²) in [7, 11) is 0. The van der Waals surface area contributed by atoms with Crippen molar-refractivity contribution in [2.75, 3.05) is 5.32 Å². The summed E-state index contributed by atoms with van der Waals surface area (Å²) in [6.07, 6.45) is 0.602. The van der Waals surface area contributed by atoms with Gasteiger partial charge < -0.3 is 15.0 Å². The summed E-state index contributed by atoms with van der Waals surface area (Å²) in [6.45, 7) is 1.46. The molecule has 1 atom stereocenters. The highest BCUT2D eigenvalue weighted by Crippen LogP contribution is 2.20. The Hall–Kier alpha value is -2.78. The minimum absolute atomic E-state index is 0.233. The third-order valence-electron chi connectivity index (χ3n) is 2.83. The number of carbonyl (C=O) groups is 2. The minimum atomic E-state index is -0.981. The van der Waals surface area contributed by atoms with Gasteiger partial charge in [0.1, 0.15) is 11.8 Å². The first-order chi connectivity index (χ1) is 10.5. The standard InChI is InChI=1S/C15H12ClN3O3/c1-9(22-15(21)13-3-2-6-18-13)14(20)19-11-5-4-10(8-17)12(16)7-11/h2-7,9,18H,1H3,(H,19,20)/t9-/m0/s1. The lowest BCUT2D eigenvalue weighted by atomic mass is 10.2. The Kier molecular flexibility index (Phi) is 4.81. The number of halogens is 1. The van der Waals surface area contributed by atoms with E-state index in [0.717, 1.165) is 0 Å². The highest BCUT2D eigenvalue weighted by atomic mass is 35.5. The SMILES string of the molecule is C[C@H](OC(=O)c1ccc[nH]1)C(=O)Nc1ccc(C#N)c(Cl)c1. The summed E-state index contributed by atoms with van der Waals surface area (Å²) in [5.74, 6) is -1.12. The van der Waals surface area contributed by atoms with Crippen molar-refractivity contribution < 1.29 is 14.3 Å². The Morgan fingerprint density at radius 3 is 2.77 bits per heavy atom. The van der Waals surface area contributed by atoms with Crippen LogP contribution in [0.4, 0.5) is 5.69 Å². The minimum Gasteiger partial charge on any atom is -0.448 e. The van der Waals surface area contributed by atoms with E-state index in [4.69, 9.17) is 21.6 Å². The maximum absolute atomic E-state index is 12.0. The number of aromatic amines is 1. The zero-order valence-corrected chi connectivity index (χ0v) is 12.3. The molecule has 1 aromatic heterocycles. The van der Waals surface area contributed by atoms with E-state index in [0.29, 0.717) is 11.3 Å². The van der Waals surface area contributed by atoms with E-state index in [-0.39, 0.29) is 10.7 Å². The summed E-state index contributed by atoms with van der Waals surface area (Å²) in [5.41, 5.74) is 0.990. The third-order valence-corrected chi connectivity index (χ3v) is 3.14. The van der Waals surface area contributed by atoms with Gasteiger partial charge in [0.25, 0.3) is 5.91 Å². The predicted octanol–water partition coefficient (Wildman–Crippen LogP) is 2.72. The van der Waals surface area contributed by atoms with Crippen LogP contribution < -0.4 is 5.32 Å². The molecular formula is C15H12ClN3O3. The van der Waals surface area contributed by atoms with Crippen LogP contribution in [0.2, 0.25) is 5.02 Å². The number of ether oxygens (including phenoxy) is 1. The number of H-pyrrole nitrogens is 1. The lowest BCUT2D eigenvalue weighted by molar-refractivity contribution is -0.123. The Balaban J connectivity index is 1.98. The summed E-state index contributed by atoms with van der Waals surface area (Å²) in [6, 6.07) is 9.62. The summed E-state index contributed by atoms with van der Waals surface area (Å²) < 4.78 is 5.04. The van der Waals surface area contributed by atoms with Crippen LogP contribution in [0.1, 0.15) is 23.0 Å². The highest BCUT2D eigenvalue weighted by molar-refractivity contribution is 6.32. The van der Waals surface area contributed by atoms with E-state index >= 15 is 0 Å². The topological polar surface area (TPSA) is 95.0 Å². The first kappa shape index (κ1) is 15.6. The van der Waals surface area contributed by atoms with Crippen molar-refractivity contribution >= 4 is 29.2 Å². The second kappa shape index (κ2) is 6.78. The molecule has 0 unspecified atom stereocenters. The van der Waals surface area contributed by atoms with Crippen LogP contribution in [0.15, 0.2) is 36.5 Å². The quantitative estimate of drug-likeness (QED) is 0.847. The second-order valence-corrected chi connectivity index (χ2v) is 4.83. The van der Waals surface area contributed by atoms with Gasteiger partial charge in [0.2, 0.25) is 0 Å². The number of rotatable bonds is 4. The molecule has 0 saturated heterocycles. The largest absolute Gasteiger partial charge is 0.448 e. The lowest BCUT2D eigenvalue weighted by Crippen LogP contribution is -2.30. The van der Waals surface area contributed by atoms with Crippen LogP contribution in [0.5, 0.6) is 0 Å². The molecule has 0 spiro atoms. The Morgan fingerprint density at radius 1 is 1.41 bits per heavy atom. The van der Waals surface area contributed by atoms with Gasteiger partial charge in [-0.1, -0.05) is 11.6 Å². The van der Waals surface area contributed by atoms with E-state index in [1.165, 1.54) is 19.1 Å². The van der Waals surface area contributed by atoms with Crippen molar-refractivity contribution in [2.45, 2.75) is 13.0 Å². The number of anilines is 1. The number of hydrogen-bond acceptors (Lipinski definition) is 4. The van der Waals surface area contributed by atoms with E-state index < -0.39 is 18.0 Å². The van der Waals surface area contributed by atoms with Crippen molar-refractivity contribution in [1.29, 1.82) is 5.26 Å². The molecule has 6 nitrogen and oxygen atoms in total. The smallest absolute Gasteiger partial charge is 0.355 e. The van der Waals surface area contributed by atoms with Gasteiger partial charge in [-0.05, 0) is 37.3 Å². The van der Waals surface area contributed by atoms with Gasteiger partial charge in [-0.2, -0.15) is 5.26 Å². The molecule has 0 aliphatic rings. The molecule has 2 aromatic rings. The number of amides is 1. The maximum Gasteiger partial charge on any atom is 0.355 e. The van der Waals surface area contributed by atoms with Gasteiger partial charge in [-0.3, -0.25) is 4.79 Å². The number of carbonyl (C=O) groups excluding carboxylic acids is 2. The number of nitriles is 1. The van der Waals surface area contributed by atoms with Gasteiger partial charge >= 0.3 is 5.97 Å². The summed E-state index contributed by atoms with van der Waals surface area (Å²) >= 11 is 5.88. The van der Waals surface area contributed by atoms with Crippen molar-refractivity contribution in [2.24, 2.45) is 0 Å². The molecule has 0 bridgehead atoms. The van der Waals surface area contributed by atoms with Crippen molar-refractivity contribution in [1.82, 2.24) is 4.98 Å². The predicted molar refractivity (Wildman–Crippen MR) is 80.5 cm³/mol. The normalized spacial score (nSPS) is 11.3. The molecule has 2 N–H and O–H groups in total. The first-order valence-corrected chi connectivity index (χ1v) is 6.74. The van der Waals surface area contributed by atoms with Crippen LogP contribution in [0.3, 0.4) is 0 Å². The highest BCUT2D eigenvalue weighted by Gasteiger charge is 2.19. The Bertz CT molecular complexity index is 735. The first-order valence-electron chi connectivity index (χ1n) is 6.36. The van der Waals surface area contributed by atoms with Crippen molar-refractivity contribution in [3.05, 3.63) is 52.8 Å². The maximum atomic E-state index is 12.0. The molecule has 0 fully saturated rings. The Morgan fingerprint density at radius 2 is 2.18 bits per heavy atom. The fourth-order valence-corrected chi connectivity index (χ4v) is 1.89. The number of esters is 1. The number of benzene rings is 1. The van der Waals surface area contributed by atoms with E-state index in [1.807, 2.05) is 6.07 Å². The summed E-state index contributed by atoms with van der Waals surface area (Å²) in [5, 5.41) is 11.6. The van der Waals surface area contributed by atoms with Gasteiger partial charge in [0.05, 0.1) is 10.6 Å². The number of nitrogens with zero attached hydrogens (tertiary/aromatic N) is 1. The van der Waals surface area contributed by atoms with E-state index in [1.54, 1.807) is 24.4 Å². The molecule has 22 heavy (non-hydrogen) atoms. The van der Waals surface area contributed by atoms with Crippen LogP contribution in [0, 0.1) is 11.3 Å². The Labute approximate surface area is 131 Å². The van der Waals surface area contributed by atoms with E-state index in [2.05, 4.69) is 10.3 Å². The van der Waals surface area contributed by atoms with Crippen molar-refractivity contribution in [3.8, 4) is 6.07 Å². The molecule has 1 heterocycles. The number of aromatic nitrogens is 1. The fourth-order valence-electron chi connectivity index (χ4n) is 1.66. The van der Waals surface area contributed by atoms with Gasteiger partial charge in [-0.15, -0.1) is 0 Å². The van der Waals surface area contributed by atoms with E-state index in [9.17, 15) is 9.59 Å². The van der Waals surface area contributed by atoms with Gasteiger partial charge in [0, 0.05) is 11.9 Å². The van der Waals surface area contributed by atoms with Crippen LogP contribution in [-0.4, -0.2) is 23.0 Å². The van der Waals surface area contributed by atoms with Gasteiger partial charge in [0.15, 0.2) is 6.10 Å². The number of nitrogens with one attached hydrogen (secondary N) is 2. The summed E-state index contributed by atoms with van der Waals surface area (Å²) in [4.78, 5) is 26.4. The number of hydrogen-bond donors (Lipinski definition) is 2. The zero-order valence-electron chi connectivity index (χ0n) is 11.6. The molecule has 112 valence electrons. The molecule has 1 aromatic carbocycles. The van der Waals surface area contributed by atoms with Gasteiger partial charge in [-0.25, -0.2) is 4.79 Å². The molecular weight excluding hydrogens is 306 g/mol. The molecule has 1 amide bonds. The second-order valence-electron chi connectivity index (χ2n) is 4.43. The van der Waals surface area contributed by atoms with Crippen molar-refractivity contribution in [3.63, 3.8) is 0 Å². The molecule has 7 heteroatoms. The van der Waals surface area contributed by atoms with Crippen LogP contribution in [0.25, 0.3) is 0 Å².